The van der Waals surface area contributed by atoms with Gasteiger partial charge in [-0.25, -0.2) is 0 Å². The average molecular weight is 285 g/mol. The van der Waals surface area contributed by atoms with E-state index in [-0.39, 0.29) is 0 Å². The zero-order chi connectivity index (χ0) is 14.3. The Kier molecular flexibility index (Phi) is 4.97. The number of rotatable bonds is 6. The summed E-state index contributed by atoms with van der Waals surface area (Å²) >= 11 is 0. The summed E-state index contributed by atoms with van der Waals surface area (Å²) in [5.74, 6) is 0. The van der Waals surface area contributed by atoms with Crippen LogP contribution in [0.1, 0.15) is 18.4 Å². The lowest BCUT2D eigenvalue weighted by atomic mass is 10.0. The van der Waals surface area contributed by atoms with Crippen LogP contribution in [0.2, 0.25) is 0 Å². The molecule has 0 aliphatic carbocycles. The first-order valence-electron chi connectivity index (χ1n) is 7.74. The first-order chi connectivity index (χ1) is 10.4. The molecule has 21 heavy (non-hydrogen) atoms. The first kappa shape index (κ1) is 14.2. The maximum absolute atomic E-state index is 3.98. The van der Waals surface area contributed by atoms with Gasteiger partial charge in [0.2, 0.25) is 0 Å². The van der Waals surface area contributed by atoms with Crippen molar-refractivity contribution in [1.29, 1.82) is 0 Å². The van der Waals surface area contributed by atoms with E-state index < -0.39 is 0 Å². The Morgan fingerprint density at radius 3 is 2.67 bits per heavy atom. The molecule has 5 heteroatoms. The van der Waals surface area contributed by atoms with E-state index in [0.29, 0.717) is 6.04 Å². The van der Waals surface area contributed by atoms with Crippen LogP contribution in [0.4, 0.5) is 0 Å². The quantitative estimate of drug-likeness (QED) is 0.874. The van der Waals surface area contributed by atoms with Gasteiger partial charge >= 0.3 is 0 Å². The van der Waals surface area contributed by atoms with Crippen molar-refractivity contribution in [2.24, 2.45) is 0 Å². The van der Waals surface area contributed by atoms with E-state index >= 15 is 0 Å². The van der Waals surface area contributed by atoms with Crippen molar-refractivity contribution in [3.8, 4) is 0 Å². The third-order valence-electron chi connectivity index (χ3n) is 4.08. The van der Waals surface area contributed by atoms with E-state index in [2.05, 4.69) is 50.9 Å². The molecule has 1 N–H and O–H groups in total. The molecule has 1 aromatic heterocycles. The highest BCUT2D eigenvalue weighted by molar-refractivity contribution is 5.14. The van der Waals surface area contributed by atoms with Crippen molar-refractivity contribution in [2.75, 3.05) is 19.6 Å². The van der Waals surface area contributed by atoms with Crippen molar-refractivity contribution in [2.45, 2.75) is 32.0 Å². The monoisotopic (exact) mass is 285 g/mol. The second-order valence-electron chi connectivity index (χ2n) is 5.66. The number of aromatic nitrogens is 3. The Labute approximate surface area is 126 Å². The third-order valence-corrected chi connectivity index (χ3v) is 4.08. The van der Waals surface area contributed by atoms with Gasteiger partial charge in [-0.1, -0.05) is 35.5 Å². The molecule has 1 aliphatic heterocycles. The fourth-order valence-electron chi connectivity index (χ4n) is 2.87. The van der Waals surface area contributed by atoms with Crippen molar-refractivity contribution >= 4 is 0 Å². The van der Waals surface area contributed by atoms with Gasteiger partial charge in [0.25, 0.3) is 0 Å². The van der Waals surface area contributed by atoms with Gasteiger partial charge in [-0.15, -0.1) is 5.10 Å². The van der Waals surface area contributed by atoms with Crippen molar-refractivity contribution < 1.29 is 0 Å². The Morgan fingerprint density at radius 2 is 1.95 bits per heavy atom. The summed E-state index contributed by atoms with van der Waals surface area (Å²) in [6.45, 7) is 5.29. The van der Waals surface area contributed by atoms with Gasteiger partial charge in [-0.3, -0.25) is 9.58 Å². The summed E-state index contributed by atoms with van der Waals surface area (Å²) in [5.41, 5.74) is 1.41. The molecule has 0 amide bonds. The fraction of sp³-hybridized carbons (Fsp3) is 0.500. The molecule has 2 heterocycles. The number of hydrogen-bond acceptors (Lipinski definition) is 4. The Hall–Kier alpha value is -1.72. The molecule has 0 bridgehead atoms. The highest BCUT2D eigenvalue weighted by atomic mass is 15.4. The lowest BCUT2D eigenvalue weighted by Crippen LogP contribution is -2.43. The number of benzene rings is 1. The van der Waals surface area contributed by atoms with Crippen molar-refractivity contribution in [3.63, 3.8) is 0 Å². The van der Waals surface area contributed by atoms with Gasteiger partial charge in [-0.05, 0) is 31.5 Å². The molecule has 0 saturated carbocycles. The summed E-state index contributed by atoms with van der Waals surface area (Å²) in [5, 5.41) is 11.4. The maximum Gasteiger partial charge on any atom is 0.0692 e. The molecule has 1 aliphatic rings. The third kappa shape index (κ3) is 4.37. The van der Waals surface area contributed by atoms with Crippen LogP contribution in [0.15, 0.2) is 42.7 Å². The molecule has 5 nitrogen and oxygen atoms in total. The molecule has 0 unspecified atom stereocenters. The lowest BCUT2D eigenvalue weighted by molar-refractivity contribution is 0.190. The van der Waals surface area contributed by atoms with Crippen LogP contribution in [0.5, 0.6) is 0 Å². The van der Waals surface area contributed by atoms with E-state index in [1.807, 2.05) is 10.9 Å². The normalized spacial score (nSPS) is 17.1. The minimum absolute atomic E-state index is 0.639. The van der Waals surface area contributed by atoms with Crippen LogP contribution in [0, 0.1) is 0 Å². The van der Waals surface area contributed by atoms with E-state index in [1.54, 1.807) is 6.20 Å². The molecule has 112 valence electrons. The molecule has 2 aromatic rings. The van der Waals surface area contributed by atoms with Crippen molar-refractivity contribution in [1.82, 2.24) is 25.2 Å². The highest BCUT2D eigenvalue weighted by Crippen LogP contribution is 2.13. The second-order valence-corrected chi connectivity index (χ2v) is 5.66. The second kappa shape index (κ2) is 7.33. The van der Waals surface area contributed by atoms with Gasteiger partial charge < -0.3 is 5.32 Å². The number of piperidine rings is 1. The van der Waals surface area contributed by atoms with E-state index in [9.17, 15) is 0 Å². The predicted octanol–water partition coefficient (Wildman–Crippen LogP) is 1.53. The Bertz CT molecular complexity index is 503. The molecule has 0 atom stereocenters. The minimum atomic E-state index is 0.639. The zero-order valence-electron chi connectivity index (χ0n) is 12.4. The summed E-state index contributed by atoms with van der Waals surface area (Å²) in [6, 6.07) is 11.4. The average Bonchev–Trinajstić information content (AvgIpc) is 3.03. The van der Waals surface area contributed by atoms with Gasteiger partial charge in [0.15, 0.2) is 0 Å². The summed E-state index contributed by atoms with van der Waals surface area (Å²) in [7, 11) is 0. The first-order valence-corrected chi connectivity index (χ1v) is 7.74. The van der Waals surface area contributed by atoms with Crippen LogP contribution in [0.3, 0.4) is 0 Å². The molecule has 1 aromatic carbocycles. The lowest BCUT2D eigenvalue weighted by Gasteiger charge is -2.32. The van der Waals surface area contributed by atoms with Crippen LogP contribution >= 0.6 is 0 Å². The fourth-order valence-corrected chi connectivity index (χ4v) is 2.87. The topological polar surface area (TPSA) is 46.0 Å². The van der Waals surface area contributed by atoms with Crippen LogP contribution < -0.4 is 5.32 Å². The molecular formula is C16H23N5. The van der Waals surface area contributed by atoms with Crippen molar-refractivity contribution in [3.05, 3.63) is 48.3 Å². The van der Waals surface area contributed by atoms with Gasteiger partial charge in [-0.2, -0.15) is 0 Å². The SMILES string of the molecule is c1ccc(CN2CCC(NCCn3ccnn3)CC2)cc1. The Balaban J connectivity index is 1.35. The standard InChI is InChI=1S/C16H23N5/c1-2-4-15(5-3-1)14-20-10-6-16(7-11-20)17-8-12-21-13-9-18-19-21/h1-5,9,13,16-17H,6-8,10-12,14H2. The predicted molar refractivity (Wildman–Crippen MR) is 82.8 cm³/mol. The van der Waals surface area contributed by atoms with E-state index in [1.165, 1.54) is 31.5 Å². The van der Waals surface area contributed by atoms with E-state index in [4.69, 9.17) is 0 Å². The summed E-state index contributed by atoms with van der Waals surface area (Å²) in [6.07, 6.45) is 6.08. The zero-order valence-corrected chi connectivity index (χ0v) is 12.4. The molecule has 1 fully saturated rings. The number of hydrogen-bond donors (Lipinski definition) is 1. The van der Waals surface area contributed by atoms with Crippen LogP contribution in [0.25, 0.3) is 0 Å². The van der Waals surface area contributed by atoms with Gasteiger partial charge in [0, 0.05) is 25.3 Å². The molecule has 3 rings (SSSR count). The highest BCUT2D eigenvalue weighted by Gasteiger charge is 2.18. The summed E-state index contributed by atoms with van der Waals surface area (Å²) < 4.78 is 1.87. The summed E-state index contributed by atoms with van der Waals surface area (Å²) in [4.78, 5) is 2.55. The molecule has 0 spiro atoms. The molecule has 0 radical (unpaired) electrons. The number of nitrogens with one attached hydrogen (secondary N) is 1. The Morgan fingerprint density at radius 1 is 1.14 bits per heavy atom. The van der Waals surface area contributed by atoms with Gasteiger partial charge in [0.05, 0.1) is 12.7 Å². The molecule has 1 saturated heterocycles. The van der Waals surface area contributed by atoms with Crippen LogP contribution in [-0.2, 0) is 13.1 Å². The maximum atomic E-state index is 3.98. The smallest absolute Gasteiger partial charge is 0.0692 e. The largest absolute Gasteiger partial charge is 0.312 e. The molecular weight excluding hydrogens is 262 g/mol. The van der Waals surface area contributed by atoms with E-state index in [0.717, 1.165) is 19.6 Å². The number of nitrogens with zero attached hydrogens (tertiary/aromatic N) is 4. The van der Waals surface area contributed by atoms with Gasteiger partial charge in [0.1, 0.15) is 0 Å². The minimum Gasteiger partial charge on any atom is -0.312 e. The van der Waals surface area contributed by atoms with Crippen LogP contribution in [-0.4, -0.2) is 45.6 Å². The number of likely N-dealkylation sites (tertiary alicyclic amines) is 1.